The van der Waals surface area contributed by atoms with E-state index in [1.165, 1.54) is 18.2 Å². The molecule has 128 valence electrons. The fraction of sp³-hybridized carbons (Fsp3) is 0.267. The van der Waals surface area contributed by atoms with E-state index in [4.69, 9.17) is 4.74 Å². The third-order valence-corrected chi connectivity index (χ3v) is 4.33. The smallest absolute Gasteiger partial charge is 0.356 e. The van der Waals surface area contributed by atoms with Crippen LogP contribution in [0.3, 0.4) is 0 Å². The van der Waals surface area contributed by atoms with Crippen molar-refractivity contribution in [3.63, 3.8) is 0 Å². The number of carbonyl (C=O) groups excluding carboxylic acids is 1. The van der Waals surface area contributed by atoms with Gasteiger partial charge >= 0.3 is 5.97 Å². The maximum atomic E-state index is 12.2. The molecule has 0 atom stereocenters. The summed E-state index contributed by atoms with van der Waals surface area (Å²) >= 11 is 0. The van der Waals surface area contributed by atoms with Crippen molar-refractivity contribution in [2.75, 3.05) is 6.61 Å². The number of rotatable bonds is 6. The second kappa shape index (κ2) is 7.26. The fourth-order valence-electron chi connectivity index (χ4n) is 1.78. The van der Waals surface area contributed by atoms with Gasteiger partial charge in [-0.25, -0.2) is 4.79 Å². The van der Waals surface area contributed by atoms with Gasteiger partial charge in [0.2, 0.25) is 0 Å². The Balaban J connectivity index is 2.13. The molecule has 0 bridgehead atoms. The number of nitrogens with zero attached hydrogens (tertiary/aromatic N) is 2. The van der Waals surface area contributed by atoms with Gasteiger partial charge in [-0.2, -0.15) is 23.4 Å². The van der Waals surface area contributed by atoms with Gasteiger partial charge in [-0.3, -0.25) is 5.10 Å². The maximum Gasteiger partial charge on any atom is 0.356 e. The lowest BCUT2D eigenvalue weighted by Crippen LogP contribution is -2.20. The Bertz CT molecular complexity index is 854. The Morgan fingerprint density at radius 3 is 2.62 bits per heavy atom. The number of sulfonamides is 1. The summed E-state index contributed by atoms with van der Waals surface area (Å²) in [5, 5.41) is 10.3. The highest BCUT2D eigenvalue weighted by atomic mass is 32.2. The third-order valence-electron chi connectivity index (χ3n) is 3.11. The summed E-state index contributed by atoms with van der Waals surface area (Å²) in [6.07, 6.45) is 0. The number of benzene rings is 1. The molecule has 8 nitrogen and oxygen atoms in total. The van der Waals surface area contributed by atoms with Crippen molar-refractivity contribution in [2.24, 2.45) is 5.10 Å². The maximum absolute atomic E-state index is 12.2. The lowest BCUT2D eigenvalue weighted by atomic mass is 10.2. The molecular formula is C15H18N4O4S. The molecule has 24 heavy (non-hydrogen) atoms. The van der Waals surface area contributed by atoms with E-state index < -0.39 is 16.0 Å². The predicted octanol–water partition coefficient (Wildman–Crippen LogP) is 1.60. The lowest BCUT2D eigenvalue weighted by Gasteiger charge is -2.04. The van der Waals surface area contributed by atoms with Gasteiger partial charge in [0.05, 0.1) is 17.2 Å². The Morgan fingerprint density at radius 2 is 2.00 bits per heavy atom. The molecule has 0 radical (unpaired) electrons. The topological polar surface area (TPSA) is 114 Å². The Morgan fingerprint density at radius 1 is 1.33 bits per heavy atom. The van der Waals surface area contributed by atoms with Crippen LogP contribution in [0.1, 0.15) is 35.6 Å². The number of H-pyrrole nitrogens is 1. The SMILES string of the molecule is CCOC(=O)c1cc(/C(C)=N/NS(=O)(=O)c2ccc(C)cc2)n[nH]1. The average molecular weight is 350 g/mol. The number of carbonyl (C=O) groups is 1. The van der Waals surface area contributed by atoms with Gasteiger partial charge in [-0.15, -0.1) is 0 Å². The minimum absolute atomic E-state index is 0.110. The van der Waals surface area contributed by atoms with Crippen LogP contribution in [-0.4, -0.2) is 36.9 Å². The van der Waals surface area contributed by atoms with Gasteiger partial charge in [0.1, 0.15) is 11.4 Å². The van der Waals surface area contributed by atoms with Gasteiger partial charge in [-0.1, -0.05) is 17.7 Å². The zero-order chi connectivity index (χ0) is 17.7. The van der Waals surface area contributed by atoms with Gasteiger partial charge in [0.25, 0.3) is 10.0 Å². The summed E-state index contributed by atoms with van der Waals surface area (Å²) in [4.78, 5) is 13.8. The van der Waals surface area contributed by atoms with Crippen LogP contribution in [0.25, 0.3) is 0 Å². The number of nitrogens with one attached hydrogen (secondary N) is 2. The fourth-order valence-corrected chi connectivity index (χ4v) is 2.63. The van der Waals surface area contributed by atoms with E-state index >= 15 is 0 Å². The lowest BCUT2D eigenvalue weighted by molar-refractivity contribution is 0.0519. The number of aromatic nitrogens is 2. The molecule has 1 heterocycles. The number of hydrogen-bond acceptors (Lipinski definition) is 6. The summed E-state index contributed by atoms with van der Waals surface area (Å²) in [5.74, 6) is -0.538. The van der Waals surface area contributed by atoms with Crippen LogP contribution in [0.5, 0.6) is 0 Å². The van der Waals surface area contributed by atoms with Crippen LogP contribution in [0.15, 0.2) is 40.3 Å². The van der Waals surface area contributed by atoms with Crippen LogP contribution < -0.4 is 4.83 Å². The first-order valence-electron chi connectivity index (χ1n) is 7.19. The molecule has 0 aliphatic rings. The molecule has 0 saturated carbocycles. The summed E-state index contributed by atoms with van der Waals surface area (Å²) < 4.78 is 29.2. The highest BCUT2D eigenvalue weighted by Gasteiger charge is 2.15. The third kappa shape index (κ3) is 4.19. The van der Waals surface area contributed by atoms with Crippen molar-refractivity contribution >= 4 is 21.7 Å². The van der Waals surface area contributed by atoms with Crippen LogP contribution in [-0.2, 0) is 14.8 Å². The van der Waals surface area contributed by atoms with E-state index in [9.17, 15) is 13.2 Å². The number of aromatic amines is 1. The molecule has 1 aromatic carbocycles. The largest absolute Gasteiger partial charge is 0.461 e. The van der Waals surface area contributed by atoms with Gasteiger partial charge in [0, 0.05) is 0 Å². The van der Waals surface area contributed by atoms with E-state index in [2.05, 4.69) is 20.1 Å². The summed E-state index contributed by atoms with van der Waals surface area (Å²) in [6, 6.07) is 7.83. The molecule has 0 aliphatic heterocycles. The zero-order valence-corrected chi connectivity index (χ0v) is 14.3. The Labute approximate surface area is 140 Å². The molecule has 0 fully saturated rings. The summed E-state index contributed by atoms with van der Waals surface area (Å²) in [7, 11) is -3.77. The van der Waals surface area contributed by atoms with Crippen molar-refractivity contribution in [1.82, 2.24) is 15.0 Å². The second-order valence-electron chi connectivity index (χ2n) is 4.99. The first kappa shape index (κ1) is 17.7. The molecule has 2 rings (SSSR count). The summed E-state index contributed by atoms with van der Waals surface area (Å²) in [5.41, 5.74) is 1.77. The quantitative estimate of drug-likeness (QED) is 0.467. The second-order valence-corrected chi connectivity index (χ2v) is 6.65. The first-order chi connectivity index (χ1) is 11.3. The first-order valence-corrected chi connectivity index (χ1v) is 8.67. The molecule has 0 spiro atoms. The minimum atomic E-state index is -3.77. The number of hydrazone groups is 1. The summed E-state index contributed by atoms with van der Waals surface area (Å²) in [6.45, 7) is 5.38. The van der Waals surface area contributed by atoms with Crippen LogP contribution in [0.2, 0.25) is 0 Å². The van der Waals surface area contributed by atoms with E-state index in [1.54, 1.807) is 26.0 Å². The highest BCUT2D eigenvalue weighted by molar-refractivity contribution is 7.89. The van der Waals surface area contributed by atoms with E-state index in [1.807, 2.05) is 6.92 Å². The van der Waals surface area contributed by atoms with Crippen molar-refractivity contribution in [3.05, 3.63) is 47.3 Å². The number of ether oxygens (including phenoxy) is 1. The highest BCUT2D eigenvalue weighted by Crippen LogP contribution is 2.10. The van der Waals surface area contributed by atoms with Gasteiger partial charge in [-0.05, 0) is 39.0 Å². The molecule has 0 aliphatic carbocycles. The van der Waals surface area contributed by atoms with Crippen molar-refractivity contribution in [2.45, 2.75) is 25.7 Å². The normalized spacial score (nSPS) is 12.0. The molecule has 1 aromatic heterocycles. The molecule has 2 aromatic rings. The van der Waals surface area contributed by atoms with Crippen LogP contribution in [0.4, 0.5) is 0 Å². The molecule has 9 heteroatoms. The number of aryl methyl sites for hydroxylation is 1. The van der Waals surface area contributed by atoms with E-state index in [0.717, 1.165) is 5.56 Å². The van der Waals surface area contributed by atoms with E-state index in [0.29, 0.717) is 11.4 Å². The molecule has 0 unspecified atom stereocenters. The minimum Gasteiger partial charge on any atom is -0.461 e. The molecule has 2 N–H and O–H groups in total. The molecular weight excluding hydrogens is 332 g/mol. The average Bonchev–Trinajstić information content (AvgIpc) is 3.03. The monoisotopic (exact) mass is 350 g/mol. The molecule has 0 saturated heterocycles. The number of esters is 1. The Hall–Kier alpha value is -2.68. The van der Waals surface area contributed by atoms with Crippen molar-refractivity contribution in [1.29, 1.82) is 0 Å². The molecule has 0 amide bonds. The zero-order valence-electron chi connectivity index (χ0n) is 13.5. The van der Waals surface area contributed by atoms with Gasteiger partial charge < -0.3 is 4.74 Å². The number of hydrogen-bond donors (Lipinski definition) is 2. The van der Waals surface area contributed by atoms with Crippen LogP contribution >= 0.6 is 0 Å². The standard InChI is InChI=1S/C15H18N4O4S/c1-4-23-15(20)14-9-13(17-18-14)11(3)16-19-24(21,22)12-7-5-10(2)6-8-12/h5-9,19H,4H2,1-3H3,(H,17,18)/b16-11+. The van der Waals surface area contributed by atoms with Gasteiger partial charge in [0.15, 0.2) is 0 Å². The van der Waals surface area contributed by atoms with Crippen LogP contribution in [0, 0.1) is 6.92 Å². The van der Waals surface area contributed by atoms with E-state index in [-0.39, 0.29) is 17.2 Å². The van der Waals surface area contributed by atoms with Crippen molar-refractivity contribution < 1.29 is 17.9 Å². The predicted molar refractivity (Wildman–Crippen MR) is 88.3 cm³/mol. The van der Waals surface area contributed by atoms with Crippen molar-refractivity contribution in [3.8, 4) is 0 Å². The Kier molecular flexibility index (Phi) is 5.35.